The van der Waals surface area contributed by atoms with Crippen molar-refractivity contribution in [2.24, 2.45) is 14.0 Å². The highest BCUT2D eigenvalue weighted by atomic mass is 16.5. The van der Waals surface area contributed by atoms with Crippen molar-refractivity contribution in [1.29, 1.82) is 0 Å². The molecule has 6 heterocycles. The molecule has 1 aliphatic rings. The highest BCUT2D eigenvalue weighted by molar-refractivity contribution is 6.33. The molecule has 0 atom stereocenters. The summed E-state index contributed by atoms with van der Waals surface area (Å²) in [7, 11) is 0. The molecule has 15 aromatic rings. The van der Waals surface area contributed by atoms with Gasteiger partial charge < -0.3 is 28.2 Å². The maximum absolute atomic E-state index is 9.54. The molecule has 0 aliphatic carbocycles. The van der Waals surface area contributed by atoms with Gasteiger partial charge in [-0.05, 0) is 112 Å². The maximum atomic E-state index is 9.54. The highest BCUT2D eigenvalue weighted by Gasteiger charge is 2.35. The molecule has 84 heavy (non-hydrogen) atoms. The number of para-hydroxylation sites is 5. The Bertz CT molecular complexity index is 5280. The third-order valence-electron chi connectivity index (χ3n) is 17.5. The highest BCUT2D eigenvalue weighted by Crippen LogP contribution is 2.55. The van der Waals surface area contributed by atoms with Gasteiger partial charge in [-0.25, -0.2) is 4.98 Å². The zero-order valence-corrected chi connectivity index (χ0v) is 47.6. The van der Waals surface area contributed by atoms with E-state index in [-0.39, 0.29) is 17.5 Å². The monoisotopic (exact) mass is 1100 g/mol. The molecule has 0 saturated carbocycles. The van der Waals surface area contributed by atoms with E-state index in [2.05, 4.69) is 194 Å². The van der Waals surface area contributed by atoms with Crippen LogP contribution in [0.15, 0.2) is 225 Å². The van der Waals surface area contributed by atoms with Gasteiger partial charge in [0.1, 0.15) is 24.0 Å². The summed E-state index contributed by atoms with van der Waals surface area (Å²) in [5.41, 5.74) is 13.1. The summed E-state index contributed by atoms with van der Waals surface area (Å²) in [5, 5.41) is 7.54. The van der Waals surface area contributed by atoms with Crippen molar-refractivity contribution in [2.45, 2.75) is 52.4 Å². The van der Waals surface area contributed by atoms with Gasteiger partial charge in [0.05, 0.1) is 55.8 Å². The van der Waals surface area contributed by atoms with Crippen molar-refractivity contribution < 1.29 is 13.0 Å². The first kappa shape index (κ1) is 43.7. The number of rotatable bonds is 7. The van der Waals surface area contributed by atoms with Crippen molar-refractivity contribution in [3.05, 3.63) is 236 Å². The molecule has 408 valence electrons. The SMILES string of the molecule is [2H]C([2H])([2H])n1c2ccc(C(C)(C)C)cc2c2c(-c3ccccc3)c3c4cc(C(C)(C)C)ccc4n(C([2H])([2H])[2H])c3c(N3CN(c4cccc(Oc5ccc6c7ccccc7n(-c7cc(-n8c9ccccc9c9ccccc98)ccn7)c6c5)c4)c4ccccc43)c21. The van der Waals surface area contributed by atoms with E-state index < -0.39 is 14.0 Å². The van der Waals surface area contributed by atoms with E-state index in [4.69, 9.17) is 9.72 Å². The van der Waals surface area contributed by atoms with E-state index in [1.807, 2.05) is 91.1 Å². The Kier molecular flexibility index (Phi) is 9.47. The van der Waals surface area contributed by atoms with E-state index in [1.54, 1.807) is 0 Å². The number of pyridine rings is 1. The summed E-state index contributed by atoms with van der Waals surface area (Å²) in [6, 6.07) is 74.3. The molecule has 10 aromatic carbocycles. The zero-order chi connectivity index (χ0) is 61.9. The van der Waals surface area contributed by atoms with Crippen molar-refractivity contribution in [3.63, 3.8) is 0 Å². The first-order chi connectivity index (χ1) is 43.2. The van der Waals surface area contributed by atoms with E-state index in [0.717, 1.165) is 105 Å². The third-order valence-corrected chi connectivity index (χ3v) is 17.5. The Morgan fingerprint density at radius 2 is 0.952 bits per heavy atom. The van der Waals surface area contributed by atoms with Gasteiger partial charge in [0.25, 0.3) is 0 Å². The molecule has 16 rings (SSSR count). The van der Waals surface area contributed by atoms with Crippen LogP contribution in [0.2, 0.25) is 0 Å². The zero-order valence-electron chi connectivity index (χ0n) is 53.6. The van der Waals surface area contributed by atoms with Crippen LogP contribution in [-0.4, -0.2) is 29.9 Å². The Morgan fingerprint density at radius 3 is 1.55 bits per heavy atom. The van der Waals surface area contributed by atoms with Crippen LogP contribution in [-0.2, 0) is 24.8 Å². The number of benzene rings is 10. The van der Waals surface area contributed by atoms with Crippen molar-refractivity contribution in [2.75, 3.05) is 16.5 Å². The van der Waals surface area contributed by atoms with Crippen LogP contribution in [0.1, 0.15) is 60.9 Å². The van der Waals surface area contributed by atoms with Crippen molar-refractivity contribution >= 4 is 110 Å². The second kappa shape index (κ2) is 18.2. The molecular weight excluding hydrogens is 1030 g/mol. The Balaban J connectivity index is 0.877. The molecule has 8 heteroatoms. The van der Waals surface area contributed by atoms with Crippen LogP contribution in [0.5, 0.6) is 11.5 Å². The minimum absolute atomic E-state index is 0.190. The van der Waals surface area contributed by atoms with Crippen LogP contribution in [0, 0.1) is 0 Å². The maximum Gasteiger partial charge on any atom is 0.139 e. The van der Waals surface area contributed by atoms with Gasteiger partial charge in [0.15, 0.2) is 0 Å². The van der Waals surface area contributed by atoms with Gasteiger partial charge in [0, 0.05) is 112 Å². The average Bonchev–Trinajstić information content (AvgIpc) is 1.50. The van der Waals surface area contributed by atoms with Gasteiger partial charge >= 0.3 is 0 Å². The fourth-order valence-corrected chi connectivity index (χ4v) is 13.5. The first-order valence-electron chi connectivity index (χ1n) is 31.8. The molecule has 0 bridgehead atoms. The number of ether oxygens (including phenoxy) is 1. The molecule has 5 aromatic heterocycles. The molecule has 8 nitrogen and oxygen atoms in total. The summed E-state index contributed by atoms with van der Waals surface area (Å²) in [6.07, 6.45) is 1.88. The number of fused-ring (bicyclic) bond motifs is 13. The molecule has 0 saturated heterocycles. The molecule has 0 spiro atoms. The quantitative estimate of drug-likeness (QED) is 0.160. The number of aryl methyl sites for hydroxylation is 2. The lowest BCUT2D eigenvalue weighted by Gasteiger charge is -2.26. The second-order valence-corrected chi connectivity index (χ2v) is 24.5. The van der Waals surface area contributed by atoms with E-state index in [1.165, 1.54) is 19.9 Å². The van der Waals surface area contributed by atoms with Gasteiger partial charge in [0.2, 0.25) is 0 Å². The topological polar surface area (TPSA) is 48.3 Å². The van der Waals surface area contributed by atoms with E-state index >= 15 is 0 Å². The standard InChI is InChI=1S/C76H63N7O/c1-75(2,3)48-33-37-60-58(41-48)70-69(47-21-10-9-11-22-47)71-59-42-49(76(4,5)6)34-38-61(59)79(8)73(71)74(72(70)78(60)7)81-46-80(65-31-18-19-32-66(65)81)50-23-20-24-52(43-50)84-53-35-36-57-56-27-14-17-30-64(56)83(67(57)45-53)68-44-51(39-40-77-68)82-62-28-15-12-25-54(62)55-26-13-16-29-63(55)82/h9-45H,46H2,1-8H3/i7D3,8D3. The molecule has 0 N–H and O–H groups in total. The number of aromatic nitrogens is 5. The predicted molar refractivity (Wildman–Crippen MR) is 352 cm³/mol. The lowest BCUT2D eigenvalue weighted by molar-refractivity contribution is 0.483. The number of hydrogen-bond acceptors (Lipinski definition) is 4. The van der Waals surface area contributed by atoms with Gasteiger partial charge in [-0.1, -0.05) is 157 Å². The minimum atomic E-state index is -2.72. The molecular formula is C76H63N7O. The predicted octanol–water partition coefficient (Wildman–Crippen LogP) is 19.9. The van der Waals surface area contributed by atoms with Crippen molar-refractivity contribution in [1.82, 2.24) is 23.3 Å². The van der Waals surface area contributed by atoms with E-state index in [0.29, 0.717) is 39.3 Å². The fraction of sp³-hybridized carbons (Fsp3) is 0.145. The lowest BCUT2D eigenvalue weighted by atomic mass is 9.85. The van der Waals surface area contributed by atoms with Gasteiger partial charge in [-0.2, -0.15) is 0 Å². The smallest absolute Gasteiger partial charge is 0.139 e. The van der Waals surface area contributed by atoms with Crippen LogP contribution >= 0.6 is 0 Å². The van der Waals surface area contributed by atoms with E-state index in [9.17, 15) is 8.22 Å². The first-order valence-corrected chi connectivity index (χ1v) is 28.8. The van der Waals surface area contributed by atoms with Crippen molar-refractivity contribution in [3.8, 4) is 34.1 Å². The molecule has 0 amide bonds. The number of hydrogen-bond donors (Lipinski definition) is 0. The minimum Gasteiger partial charge on any atom is -0.457 e. The average molecular weight is 1100 g/mol. The largest absolute Gasteiger partial charge is 0.457 e. The van der Waals surface area contributed by atoms with Crippen LogP contribution in [0.4, 0.5) is 22.7 Å². The Morgan fingerprint density at radius 1 is 0.417 bits per heavy atom. The fourth-order valence-electron chi connectivity index (χ4n) is 13.5. The molecule has 1 aliphatic heterocycles. The normalized spacial score (nSPS) is 14.5. The summed E-state index contributed by atoms with van der Waals surface area (Å²) in [4.78, 5) is 9.37. The van der Waals surface area contributed by atoms with Crippen LogP contribution in [0.3, 0.4) is 0 Å². The molecule has 0 radical (unpaired) electrons. The molecule has 0 unspecified atom stereocenters. The summed E-state index contributed by atoms with van der Waals surface area (Å²) >= 11 is 0. The lowest BCUT2D eigenvalue weighted by Crippen LogP contribution is -2.25. The Labute approximate surface area is 496 Å². The summed E-state index contributed by atoms with van der Waals surface area (Å²) < 4.78 is 71.7. The van der Waals surface area contributed by atoms with Crippen LogP contribution in [0.25, 0.3) is 110 Å². The summed E-state index contributed by atoms with van der Waals surface area (Å²) in [5.74, 6) is 2.00. The van der Waals surface area contributed by atoms with Crippen LogP contribution < -0.4 is 14.5 Å². The number of nitrogens with zero attached hydrogens (tertiary/aromatic N) is 7. The third kappa shape index (κ3) is 7.42. The Hall–Kier alpha value is -10.1. The number of anilines is 4. The van der Waals surface area contributed by atoms with Gasteiger partial charge in [-0.3, -0.25) is 4.57 Å². The second-order valence-electron chi connectivity index (χ2n) is 24.5. The molecule has 0 fully saturated rings. The summed E-state index contributed by atoms with van der Waals surface area (Å²) in [6.45, 7) is 7.74. The van der Waals surface area contributed by atoms with Gasteiger partial charge in [-0.15, -0.1) is 0 Å².